The summed E-state index contributed by atoms with van der Waals surface area (Å²) < 4.78 is 5.94. The van der Waals surface area contributed by atoms with E-state index in [2.05, 4.69) is 52.3 Å². The molecular weight excluding hydrogens is 296 g/mol. The van der Waals surface area contributed by atoms with Gasteiger partial charge in [0.2, 0.25) is 0 Å². The fourth-order valence-electron chi connectivity index (χ4n) is 3.33. The van der Waals surface area contributed by atoms with Crippen LogP contribution in [0.2, 0.25) is 0 Å². The Balaban J connectivity index is 1.47. The molecule has 1 aromatic heterocycles. The summed E-state index contributed by atoms with van der Waals surface area (Å²) >= 11 is 0. The van der Waals surface area contributed by atoms with Crippen LogP contribution in [0.15, 0.2) is 60.9 Å². The zero-order valence-electron chi connectivity index (χ0n) is 13.8. The van der Waals surface area contributed by atoms with Gasteiger partial charge in [0.25, 0.3) is 0 Å². The average Bonchev–Trinajstić information content (AvgIpc) is 3.15. The summed E-state index contributed by atoms with van der Waals surface area (Å²) in [6.45, 7) is 4.23. The molecule has 1 saturated heterocycles. The fourth-order valence-corrected chi connectivity index (χ4v) is 3.33. The van der Waals surface area contributed by atoms with E-state index in [0.717, 1.165) is 24.5 Å². The molecule has 0 amide bonds. The Kier molecular flexibility index (Phi) is 4.43. The smallest absolute Gasteiger partial charge is 0.120 e. The van der Waals surface area contributed by atoms with E-state index in [4.69, 9.17) is 4.74 Å². The monoisotopic (exact) mass is 318 g/mol. The van der Waals surface area contributed by atoms with Crippen LogP contribution in [-0.4, -0.2) is 36.1 Å². The number of fused-ring (bicyclic) bond motifs is 1. The van der Waals surface area contributed by atoms with Crippen molar-refractivity contribution in [2.75, 3.05) is 26.2 Å². The van der Waals surface area contributed by atoms with Crippen LogP contribution in [0.5, 0.6) is 5.75 Å². The second kappa shape index (κ2) is 7.02. The van der Waals surface area contributed by atoms with Crippen molar-refractivity contribution in [2.24, 2.45) is 0 Å². The molecule has 3 heteroatoms. The van der Waals surface area contributed by atoms with Crippen molar-refractivity contribution in [2.45, 2.75) is 12.8 Å². The van der Waals surface area contributed by atoms with Crippen molar-refractivity contribution >= 4 is 10.8 Å². The maximum atomic E-state index is 5.94. The summed E-state index contributed by atoms with van der Waals surface area (Å²) in [7, 11) is 0. The van der Waals surface area contributed by atoms with Crippen LogP contribution in [0.25, 0.3) is 21.9 Å². The van der Waals surface area contributed by atoms with Crippen LogP contribution < -0.4 is 4.74 Å². The molecule has 0 bridgehead atoms. The highest BCUT2D eigenvalue weighted by Crippen LogP contribution is 2.26. The van der Waals surface area contributed by atoms with Gasteiger partial charge in [-0.3, -0.25) is 9.88 Å². The van der Waals surface area contributed by atoms with E-state index >= 15 is 0 Å². The average molecular weight is 318 g/mol. The van der Waals surface area contributed by atoms with E-state index < -0.39 is 0 Å². The third-order valence-electron chi connectivity index (χ3n) is 4.68. The molecule has 3 nitrogen and oxygen atoms in total. The molecule has 3 aromatic rings. The maximum absolute atomic E-state index is 5.94. The van der Waals surface area contributed by atoms with Crippen molar-refractivity contribution in [3.63, 3.8) is 0 Å². The predicted octanol–water partition coefficient (Wildman–Crippen LogP) is 4.38. The van der Waals surface area contributed by atoms with Gasteiger partial charge in [-0.05, 0) is 66.5 Å². The molecule has 0 N–H and O–H groups in total. The van der Waals surface area contributed by atoms with Gasteiger partial charge in [0.1, 0.15) is 12.4 Å². The molecular formula is C21H22N2O. The van der Waals surface area contributed by atoms with Crippen molar-refractivity contribution in [3.8, 4) is 16.9 Å². The lowest BCUT2D eigenvalue weighted by Crippen LogP contribution is -2.25. The zero-order valence-corrected chi connectivity index (χ0v) is 13.8. The number of pyridine rings is 1. The summed E-state index contributed by atoms with van der Waals surface area (Å²) in [5, 5.41) is 2.43. The maximum Gasteiger partial charge on any atom is 0.120 e. The van der Waals surface area contributed by atoms with Gasteiger partial charge in [-0.25, -0.2) is 0 Å². The van der Waals surface area contributed by atoms with Gasteiger partial charge >= 0.3 is 0 Å². The second-order valence-electron chi connectivity index (χ2n) is 6.36. The first-order valence-corrected chi connectivity index (χ1v) is 8.68. The summed E-state index contributed by atoms with van der Waals surface area (Å²) in [5.74, 6) is 0.954. The van der Waals surface area contributed by atoms with Gasteiger partial charge < -0.3 is 4.74 Å². The van der Waals surface area contributed by atoms with Gasteiger partial charge in [0.05, 0.1) is 0 Å². The summed E-state index contributed by atoms with van der Waals surface area (Å²) in [6.07, 6.45) is 6.36. The number of hydrogen-bond donors (Lipinski definition) is 0. The molecule has 1 fully saturated rings. The van der Waals surface area contributed by atoms with E-state index in [-0.39, 0.29) is 0 Å². The van der Waals surface area contributed by atoms with E-state index in [1.165, 1.54) is 42.3 Å². The molecule has 2 aromatic carbocycles. The molecule has 1 aliphatic heterocycles. The topological polar surface area (TPSA) is 25.4 Å². The highest BCUT2D eigenvalue weighted by molar-refractivity contribution is 5.88. The number of nitrogens with zero attached hydrogens (tertiary/aromatic N) is 2. The Morgan fingerprint density at radius 2 is 1.75 bits per heavy atom. The standard InChI is InChI=1S/C21H22N2O/c1-2-11-23(10-1)12-13-24-21-8-7-17-14-18(5-6-19(17)15-21)20-4-3-9-22-16-20/h3-9,14-16H,1-2,10-13H2. The highest BCUT2D eigenvalue weighted by Gasteiger charge is 2.10. The molecule has 1 aliphatic rings. The molecule has 0 radical (unpaired) electrons. The first-order valence-electron chi connectivity index (χ1n) is 8.68. The Hall–Kier alpha value is -2.39. The van der Waals surface area contributed by atoms with Crippen LogP contribution in [0.1, 0.15) is 12.8 Å². The van der Waals surface area contributed by atoms with Crippen LogP contribution in [0.4, 0.5) is 0 Å². The van der Waals surface area contributed by atoms with Gasteiger partial charge in [-0.15, -0.1) is 0 Å². The van der Waals surface area contributed by atoms with Gasteiger partial charge in [0.15, 0.2) is 0 Å². The molecule has 0 unspecified atom stereocenters. The number of hydrogen-bond acceptors (Lipinski definition) is 3. The third-order valence-corrected chi connectivity index (χ3v) is 4.68. The summed E-state index contributed by atoms with van der Waals surface area (Å²) in [5.41, 5.74) is 2.34. The van der Waals surface area contributed by atoms with Crippen LogP contribution in [0.3, 0.4) is 0 Å². The third kappa shape index (κ3) is 3.41. The van der Waals surface area contributed by atoms with Gasteiger partial charge in [-0.2, -0.15) is 0 Å². The molecule has 4 rings (SSSR count). The Labute approximate surface area is 142 Å². The number of likely N-dealkylation sites (tertiary alicyclic amines) is 1. The molecule has 0 saturated carbocycles. The lowest BCUT2D eigenvalue weighted by Gasteiger charge is -2.15. The lowest BCUT2D eigenvalue weighted by atomic mass is 10.0. The molecule has 0 spiro atoms. The van der Waals surface area contributed by atoms with Crippen LogP contribution in [0, 0.1) is 0 Å². The predicted molar refractivity (Wildman–Crippen MR) is 98.3 cm³/mol. The minimum Gasteiger partial charge on any atom is -0.492 e. The number of ether oxygens (including phenoxy) is 1. The first-order chi connectivity index (χ1) is 11.9. The minimum absolute atomic E-state index is 0.763. The SMILES string of the molecule is c1cncc(-c2ccc3cc(OCCN4CCCC4)ccc3c2)c1. The van der Waals surface area contributed by atoms with Crippen molar-refractivity contribution in [1.29, 1.82) is 0 Å². The summed E-state index contributed by atoms with van der Waals surface area (Å²) in [4.78, 5) is 6.67. The first kappa shape index (κ1) is 15.2. The number of aromatic nitrogens is 1. The normalized spacial score (nSPS) is 15.0. The lowest BCUT2D eigenvalue weighted by molar-refractivity contribution is 0.238. The van der Waals surface area contributed by atoms with E-state index in [1.54, 1.807) is 6.20 Å². The molecule has 2 heterocycles. The van der Waals surface area contributed by atoms with Crippen molar-refractivity contribution < 1.29 is 4.74 Å². The Bertz CT molecular complexity index is 810. The summed E-state index contributed by atoms with van der Waals surface area (Å²) in [6, 6.07) is 16.9. The zero-order chi connectivity index (χ0) is 16.2. The van der Waals surface area contributed by atoms with Gasteiger partial charge in [-0.1, -0.05) is 24.3 Å². The van der Waals surface area contributed by atoms with E-state index in [9.17, 15) is 0 Å². The fraction of sp³-hybridized carbons (Fsp3) is 0.286. The van der Waals surface area contributed by atoms with E-state index in [0.29, 0.717) is 0 Å². The van der Waals surface area contributed by atoms with Crippen molar-refractivity contribution in [3.05, 3.63) is 60.9 Å². The van der Waals surface area contributed by atoms with Gasteiger partial charge in [0, 0.05) is 24.5 Å². The minimum atomic E-state index is 0.763. The van der Waals surface area contributed by atoms with E-state index in [1.807, 2.05) is 12.3 Å². The quantitative estimate of drug-likeness (QED) is 0.698. The Morgan fingerprint density at radius 1 is 0.917 bits per heavy atom. The largest absolute Gasteiger partial charge is 0.492 e. The number of rotatable bonds is 5. The molecule has 0 atom stereocenters. The molecule has 0 aliphatic carbocycles. The number of benzene rings is 2. The molecule has 24 heavy (non-hydrogen) atoms. The molecule has 122 valence electrons. The van der Waals surface area contributed by atoms with Crippen LogP contribution >= 0.6 is 0 Å². The van der Waals surface area contributed by atoms with Crippen molar-refractivity contribution in [1.82, 2.24) is 9.88 Å². The highest BCUT2D eigenvalue weighted by atomic mass is 16.5. The Morgan fingerprint density at radius 3 is 2.58 bits per heavy atom. The van der Waals surface area contributed by atoms with Crippen LogP contribution in [-0.2, 0) is 0 Å². The second-order valence-corrected chi connectivity index (χ2v) is 6.36.